The molecule has 0 heterocycles. The third-order valence-corrected chi connectivity index (χ3v) is 3.68. The first-order valence-electron chi connectivity index (χ1n) is 7.22. The summed E-state index contributed by atoms with van der Waals surface area (Å²) in [7, 11) is 0. The molecule has 0 spiro atoms. The second kappa shape index (κ2) is 7.79. The lowest BCUT2D eigenvalue weighted by Gasteiger charge is -2.11. The number of carbonyl (C=O) groups is 2. The Morgan fingerprint density at radius 3 is 2.61 bits per heavy atom. The maximum Gasteiger partial charge on any atom is 0.258 e. The molecule has 0 aliphatic carbocycles. The van der Waals surface area contributed by atoms with Crippen molar-refractivity contribution in [1.29, 1.82) is 0 Å². The molecule has 0 aliphatic rings. The van der Waals surface area contributed by atoms with Crippen LogP contribution in [0.2, 0.25) is 5.02 Å². The highest BCUT2D eigenvalue weighted by Crippen LogP contribution is 2.21. The van der Waals surface area contributed by atoms with Crippen LogP contribution in [0.3, 0.4) is 0 Å². The fourth-order valence-corrected chi connectivity index (χ4v) is 2.27. The summed E-state index contributed by atoms with van der Waals surface area (Å²) in [6.07, 6.45) is 0. The Balaban J connectivity index is 1.93. The number of nitrogens with one attached hydrogen (secondary N) is 1. The highest BCUT2D eigenvalue weighted by atomic mass is 35.5. The van der Waals surface area contributed by atoms with Gasteiger partial charge in [-0.2, -0.15) is 0 Å². The molecular formula is C18H18ClNO3. The van der Waals surface area contributed by atoms with Gasteiger partial charge in [-0.15, -0.1) is 0 Å². The van der Waals surface area contributed by atoms with Gasteiger partial charge in [0.2, 0.25) is 0 Å². The van der Waals surface area contributed by atoms with E-state index in [4.69, 9.17) is 16.3 Å². The molecule has 5 heteroatoms. The van der Waals surface area contributed by atoms with Crippen molar-refractivity contribution in [2.45, 2.75) is 20.4 Å². The van der Waals surface area contributed by atoms with E-state index >= 15 is 0 Å². The molecule has 120 valence electrons. The number of aryl methyl sites for hydroxylation is 1. The minimum absolute atomic E-state index is 0.100. The van der Waals surface area contributed by atoms with Gasteiger partial charge in [-0.3, -0.25) is 9.59 Å². The van der Waals surface area contributed by atoms with Gasteiger partial charge in [0.1, 0.15) is 5.75 Å². The minimum atomic E-state index is -0.277. The van der Waals surface area contributed by atoms with Crippen molar-refractivity contribution in [3.05, 3.63) is 64.2 Å². The van der Waals surface area contributed by atoms with Crippen LogP contribution in [0.25, 0.3) is 0 Å². The number of hydrogen-bond acceptors (Lipinski definition) is 3. The Bertz CT molecular complexity index is 728. The van der Waals surface area contributed by atoms with Gasteiger partial charge in [-0.25, -0.2) is 0 Å². The van der Waals surface area contributed by atoms with Crippen LogP contribution in [0.4, 0.5) is 0 Å². The molecule has 0 fully saturated rings. The van der Waals surface area contributed by atoms with Crippen LogP contribution in [-0.2, 0) is 11.3 Å². The number of ether oxygens (including phenoxy) is 1. The first-order chi connectivity index (χ1) is 11.0. The van der Waals surface area contributed by atoms with E-state index < -0.39 is 0 Å². The molecule has 0 aromatic heterocycles. The molecule has 2 aromatic carbocycles. The topological polar surface area (TPSA) is 55.4 Å². The summed E-state index contributed by atoms with van der Waals surface area (Å²) in [6.45, 7) is 3.53. The van der Waals surface area contributed by atoms with E-state index in [2.05, 4.69) is 5.32 Å². The molecule has 2 aromatic rings. The van der Waals surface area contributed by atoms with Crippen LogP contribution in [0.1, 0.15) is 28.4 Å². The number of benzene rings is 2. The SMILES string of the molecule is CC(=O)c1ccc(C)cc1OCC(=O)NCc1ccccc1Cl. The van der Waals surface area contributed by atoms with Crippen LogP contribution in [-0.4, -0.2) is 18.3 Å². The lowest BCUT2D eigenvalue weighted by atomic mass is 10.1. The van der Waals surface area contributed by atoms with E-state index in [0.29, 0.717) is 22.9 Å². The van der Waals surface area contributed by atoms with Crippen molar-refractivity contribution in [1.82, 2.24) is 5.32 Å². The fourth-order valence-electron chi connectivity index (χ4n) is 2.07. The summed E-state index contributed by atoms with van der Waals surface area (Å²) in [5, 5.41) is 3.34. The van der Waals surface area contributed by atoms with Crippen LogP contribution < -0.4 is 10.1 Å². The molecule has 0 radical (unpaired) electrons. The zero-order valence-electron chi connectivity index (χ0n) is 13.1. The summed E-state index contributed by atoms with van der Waals surface area (Å²) in [5.41, 5.74) is 2.26. The molecular weight excluding hydrogens is 314 g/mol. The van der Waals surface area contributed by atoms with Crippen LogP contribution in [0.15, 0.2) is 42.5 Å². The fraction of sp³-hybridized carbons (Fsp3) is 0.222. The molecule has 0 unspecified atom stereocenters. The first kappa shape index (κ1) is 17.0. The Kier molecular flexibility index (Phi) is 5.77. The Morgan fingerprint density at radius 2 is 1.91 bits per heavy atom. The van der Waals surface area contributed by atoms with Gasteiger partial charge >= 0.3 is 0 Å². The third kappa shape index (κ3) is 4.83. The predicted octanol–water partition coefficient (Wildman–Crippen LogP) is 3.55. The third-order valence-electron chi connectivity index (χ3n) is 3.31. The van der Waals surface area contributed by atoms with E-state index in [0.717, 1.165) is 11.1 Å². The molecule has 0 saturated carbocycles. The van der Waals surface area contributed by atoms with Crippen molar-refractivity contribution in [3.63, 3.8) is 0 Å². The van der Waals surface area contributed by atoms with E-state index in [-0.39, 0.29) is 18.3 Å². The maximum atomic E-state index is 11.9. The summed E-state index contributed by atoms with van der Waals surface area (Å²) < 4.78 is 5.49. The number of halogens is 1. The molecule has 23 heavy (non-hydrogen) atoms. The average molecular weight is 332 g/mol. The van der Waals surface area contributed by atoms with Crippen LogP contribution in [0.5, 0.6) is 5.75 Å². The summed E-state index contributed by atoms with van der Waals surface area (Å²) in [5.74, 6) is 0.0443. The molecule has 0 saturated heterocycles. The van der Waals surface area contributed by atoms with Crippen molar-refractivity contribution in [3.8, 4) is 5.75 Å². The summed E-state index contributed by atoms with van der Waals surface area (Å²) in [6, 6.07) is 12.6. The number of Topliss-reactive ketones (excluding diaryl/α,β-unsaturated/α-hetero) is 1. The standard InChI is InChI=1S/C18H18ClNO3/c1-12-7-8-15(13(2)21)17(9-12)23-11-18(22)20-10-14-5-3-4-6-16(14)19/h3-9H,10-11H2,1-2H3,(H,20,22). The lowest BCUT2D eigenvalue weighted by molar-refractivity contribution is -0.123. The minimum Gasteiger partial charge on any atom is -0.483 e. The number of carbonyl (C=O) groups excluding carboxylic acids is 2. The van der Waals surface area contributed by atoms with Gasteiger partial charge in [0.15, 0.2) is 12.4 Å². The van der Waals surface area contributed by atoms with Gasteiger partial charge < -0.3 is 10.1 Å². The first-order valence-corrected chi connectivity index (χ1v) is 7.59. The van der Waals surface area contributed by atoms with E-state index in [9.17, 15) is 9.59 Å². The van der Waals surface area contributed by atoms with Gasteiger partial charge in [0.05, 0.1) is 5.56 Å². The van der Waals surface area contributed by atoms with Gasteiger partial charge in [-0.1, -0.05) is 35.9 Å². The van der Waals surface area contributed by atoms with E-state index in [1.807, 2.05) is 31.2 Å². The van der Waals surface area contributed by atoms with Crippen LogP contribution in [0, 0.1) is 6.92 Å². The second-order valence-corrected chi connectivity index (χ2v) is 5.62. The average Bonchev–Trinajstić information content (AvgIpc) is 2.52. The zero-order chi connectivity index (χ0) is 16.8. The highest BCUT2D eigenvalue weighted by Gasteiger charge is 2.11. The van der Waals surface area contributed by atoms with E-state index in [1.165, 1.54) is 6.92 Å². The highest BCUT2D eigenvalue weighted by molar-refractivity contribution is 6.31. The molecule has 4 nitrogen and oxygen atoms in total. The largest absolute Gasteiger partial charge is 0.483 e. The monoisotopic (exact) mass is 331 g/mol. The summed E-state index contributed by atoms with van der Waals surface area (Å²) in [4.78, 5) is 23.5. The van der Waals surface area contributed by atoms with Crippen molar-refractivity contribution in [2.24, 2.45) is 0 Å². The van der Waals surface area contributed by atoms with Crippen molar-refractivity contribution in [2.75, 3.05) is 6.61 Å². The second-order valence-electron chi connectivity index (χ2n) is 5.21. The van der Waals surface area contributed by atoms with Crippen LogP contribution >= 0.6 is 11.6 Å². The predicted molar refractivity (Wildman–Crippen MR) is 90.0 cm³/mol. The molecule has 1 N–H and O–H groups in total. The summed E-state index contributed by atoms with van der Waals surface area (Å²) >= 11 is 6.03. The molecule has 0 atom stereocenters. The molecule has 0 bridgehead atoms. The normalized spacial score (nSPS) is 10.2. The number of hydrogen-bond donors (Lipinski definition) is 1. The number of ketones is 1. The smallest absolute Gasteiger partial charge is 0.258 e. The van der Waals surface area contributed by atoms with Crippen molar-refractivity contribution < 1.29 is 14.3 Å². The van der Waals surface area contributed by atoms with Gasteiger partial charge in [0.25, 0.3) is 5.91 Å². The number of amides is 1. The quantitative estimate of drug-likeness (QED) is 0.824. The lowest BCUT2D eigenvalue weighted by Crippen LogP contribution is -2.28. The zero-order valence-corrected chi connectivity index (χ0v) is 13.8. The van der Waals surface area contributed by atoms with Gasteiger partial charge in [-0.05, 0) is 43.2 Å². The van der Waals surface area contributed by atoms with E-state index in [1.54, 1.807) is 18.2 Å². The Hall–Kier alpha value is -2.33. The Labute approximate surface area is 140 Å². The van der Waals surface area contributed by atoms with Crippen molar-refractivity contribution >= 4 is 23.3 Å². The van der Waals surface area contributed by atoms with Gasteiger partial charge in [0, 0.05) is 11.6 Å². The maximum absolute atomic E-state index is 11.9. The Morgan fingerprint density at radius 1 is 1.17 bits per heavy atom. The molecule has 1 amide bonds. The number of rotatable bonds is 6. The molecule has 0 aliphatic heterocycles. The molecule has 2 rings (SSSR count).